The van der Waals surface area contributed by atoms with Crippen LogP contribution in [0.1, 0.15) is 30.2 Å². The number of hydrogen-bond donors (Lipinski definition) is 1. The lowest BCUT2D eigenvalue weighted by atomic mass is 9.95. The van der Waals surface area contributed by atoms with E-state index in [0.29, 0.717) is 18.5 Å². The molecule has 0 saturated carbocycles. The van der Waals surface area contributed by atoms with Gasteiger partial charge in [0.2, 0.25) is 0 Å². The van der Waals surface area contributed by atoms with Crippen LogP contribution in [0, 0.1) is 0 Å². The molecule has 7 nitrogen and oxygen atoms in total. The Morgan fingerprint density at radius 1 is 1.32 bits per heavy atom. The summed E-state index contributed by atoms with van der Waals surface area (Å²) >= 11 is 0. The van der Waals surface area contributed by atoms with Gasteiger partial charge < -0.3 is 19.1 Å². The SMILES string of the molecule is CCOC(=O)C1=Cc2ccccc2CC(OC(=O)C=Cc2cn(C)cn2)CC=CC1O. The second-order valence-corrected chi connectivity index (χ2v) is 7.19. The molecule has 0 fully saturated rings. The van der Waals surface area contributed by atoms with Crippen LogP contribution in [0.25, 0.3) is 12.2 Å². The van der Waals surface area contributed by atoms with Crippen LogP contribution < -0.4 is 0 Å². The lowest BCUT2D eigenvalue weighted by Gasteiger charge is -2.19. The summed E-state index contributed by atoms with van der Waals surface area (Å²) in [6, 6.07) is 7.50. The molecule has 1 N–H and O–H groups in total. The Labute approximate surface area is 181 Å². The van der Waals surface area contributed by atoms with Gasteiger partial charge in [-0.25, -0.2) is 14.6 Å². The highest BCUT2D eigenvalue weighted by atomic mass is 16.5. The topological polar surface area (TPSA) is 90.7 Å². The molecule has 2 aromatic rings. The Morgan fingerprint density at radius 2 is 2.13 bits per heavy atom. The van der Waals surface area contributed by atoms with Crippen molar-refractivity contribution in [1.29, 1.82) is 0 Å². The number of fused-ring (bicyclic) bond motifs is 1. The van der Waals surface area contributed by atoms with Gasteiger partial charge in [0.05, 0.1) is 24.2 Å². The maximum absolute atomic E-state index is 12.3. The fourth-order valence-corrected chi connectivity index (χ4v) is 3.27. The molecule has 1 aromatic heterocycles. The van der Waals surface area contributed by atoms with Gasteiger partial charge in [0.25, 0.3) is 0 Å². The van der Waals surface area contributed by atoms with E-state index in [1.165, 1.54) is 12.2 Å². The zero-order chi connectivity index (χ0) is 22.2. The van der Waals surface area contributed by atoms with Gasteiger partial charge in [0.15, 0.2) is 0 Å². The Morgan fingerprint density at radius 3 is 2.87 bits per heavy atom. The molecule has 1 heterocycles. The molecule has 162 valence electrons. The van der Waals surface area contributed by atoms with Crippen molar-refractivity contribution in [1.82, 2.24) is 9.55 Å². The number of carbonyl (C=O) groups excluding carboxylic acids is 2. The van der Waals surface area contributed by atoms with Crippen LogP contribution in [-0.2, 0) is 32.5 Å². The number of nitrogens with zero attached hydrogens (tertiary/aromatic N) is 2. The minimum Gasteiger partial charge on any atom is -0.463 e. The Hall–Kier alpha value is -3.45. The largest absolute Gasteiger partial charge is 0.463 e. The zero-order valence-corrected chi connectivity index (χ0v) is 17.6. The predicted octanol–water partition coefficient (Wildman–Crippen LogP) is 2.86. The van der Waals surface area contributed by atoms with Crippen molar-refractivity contribution in [2.45, 2.75) is 32.0 Å². The first-order valence-corrected chi connectivity index (χ1v) is 10.1. The second kappa shape index (κ2) is 10.5. The van der Waals surface area contributed by atoms with Gasteiger partial charge in [0.1, 0.15) is 12.2 Å². The molecule has 1 aromatic carbocycles. The number of aromatic nitrogens is 2. The van der Waals surface area contributed by atoms with E-state index in [4.69, 9.17) is 9.47 Å². The zero-order valence-electron chi connectivity index (χ0n) is 17.6. The number of aliphatic hydroxyl groups is 1. The molecule has 7 heteroatoms. The van der Waals surface area contributed by atoms with Crippen molar-refractivity contribution in [3.63, 3.8) is 0 Å². The van der Waals surface area contributed by atoms with Crippen molar-refractivity contribution < 1.29 is 24.2 Å². The smallest absolute Gasteiger partial charge is 0.337 e. The third-order valence-corrected chi connectivity index (χ3v) is 4.76. The number of hydrogen-bond acceptors (Lipinski definition) is 6. The lowest BCUT2D eigenvalue weighted by Crippen LogP contribution is -2.22. The summed E-state index contributed by atoms with van der Waals surface area (Å²) in [6.07, 6.45) is 10.6. The predicted molar refractivity (Wildman–Crippen MR) is 117 cm³/mol. The number of aryl methyl sites for hydroxylation is 1. The molecule has 0 radical (unpaired) electrons. The first kappa shape index (κ1) is 22.2. The van der Waals surface area contributed by atoms with Gasteiger partial charge in [-0.1, -0.05) is 36.4 Å². The summed E-state index contributed by atoms with van der Waals surface area (Å²) in [5.74, 6) is -1.03. The molecule has 2 unspecified atom stereocenters. The van der Waals surface area contributed by atoms with E-state index in [-0.39, 0.29) is 12.2 Å². The summed E-state index contributed by atoms with van der Waals surface area (Å²) in [4.78, 5) is 28.8. The maximum Gasteiger partial charge on any atom is 0.337 e. The highest BCUT2D eigenvalue weighted by Gasteiger charge is 2.21. The quantitative estimate of drug-likeness (QED) is 0.453. The summed E-state index contributed by atoms with van der Waals surface area (Å²) in [5, 5.41) is 10.5. The molecule has 0 amide bonds. The summed E-state index contributed by atoms with van der Waals surface area (Å²) in [5.41, 5.74) is 2.50. The molecule has 1 aliphatic rings. The molecule has 0 saturated heterocycles. The third-order valence-electron chi connectivity index (χ3n) is 4.76. The summed E-state index contributed by atoms with van der Waals surface area (Å²) in [6.45, 7) is 1.94. The van der Waals surface area contributed by atoms with Crippen LogP contribution in [0.5, 0.6) is 0 Å². The van der Waals surface area contributed by atoms with E-state index < -0.39 is 24.1 Å². The number of imidazole rings is 1. The average molecular weight is 422 g/mol. The molecule has 0 bridgehead atoms. The molecule has 0 spiro atoms. The first-order chi connectivity index (χ1) is 15.0. The van der Waals surface area contributed by atoms with Crippen LogP contribution in [0.15, 0.2) is 60.6 Å². The molecule has 1 aliphatic carbocycles. The first-order valence-electron chi connectivity index (χ1n) is 10.1. The summed E-state index contributed by atoms with van der Waals surface area (Å²) in [7, 11) is 1.85. The van der Waals surface area contributed by atoms with Gasteiger partial charge >= 0.3 is 11.9 Å². The Bertz CT molecular complexity index is 1020. The van der Waals surface area contributed by atoms with Crippen molar-refractivity contribution in [2.75, 3.05) is 6.61 Å². The van der Waals surface area contributed by atoms with Crippen molar-refractivity contribution in [3.05, 3.63) is 77.4 Å². The van der Waals surface area contributed by atoms with E-state index >= 15 is 0 Å². The number of ether oxygens (including phenoxy) is 2. The van der Waals surface area contributed by atoms with Gasteiger partial charge in [-0.15, -0.1) is 0 Å². The van der Waals surface area contributed by atoms with E-state index in [9.17, 15) is 14.7 Å². The Balaban J connectivity index is 1.81. The van der Waals surface area contributed by atoms with E-state index in [2.05, 4.69) is 4.98 Å². The lowest BCUT2D eigenvalue weighted by molar-refractivity contribution is -0.142. The summed E-state index contributed by atoms with van der Waals surface area (Å²) < 4.78 is 12.5. The van der Waals surface area contributed by atoms with E-state index in [1.807, 2.05) is 31.3 Å². The van der Waals surface area contributed by atoms with E-state index in [0.717, 1.165) is 11.1 Å². The van der Waals surface area contributed by atoms with Crippen LogP contribution in [-0.4, -0.2) is 45.4 Å². The minimum absolute atomic E-state index is 0.166. The molecule has 3 rings (SSSR count). The monoisotopic (exact) mass is 422 g/mol. The van der Waals surface area contributed by atoms with Crippen molar-refractivity contribution in [3.8, 4) is 0 Å². The van der Waals surface area contributed by atoms with Crippen LogP contribution in [0.2, 0.25) is 0 Å². The minimum atomic E-state index is -1.12. The van der Waals surface area contributed by atoms with Gasteiger partial charge in [-0.3, -0.25) is 0 Å². The number of esters is 2. The fourth-order valence-electron chi connectivity index (χ4n) is 3.27. The number of rotatable bonds is 5. The molecular formula is C24H26N2O5. The standard InChI is InChI=1S/C24H26N2O5/c1-3-30-24(29)21-14-18-8-5-4-7-17(18)13-20(9-6-10-22(21)27)31-23(28)12-11-19-15-26(2)16-25-19/h4-8,10-12,14-16,20,22,27H,3,9,13H2,1-2H3. The van der Waals surface area contributed by atoms with Crippen LogP contribution in [0.4, 0.5) is 0 Å². The highest BCUT2D eigenvalue weighted by Crippen LogP contribution is 2.22. The number of benzene rings is 1. The van der Waals surface area contributed by atoms with Gasteiger partial charge in [-0.2, -0.15) is 0 Å². The van der Waals surface area contributed by atoms with Gasteiger partial charge in [-0.05, 0) is 30.2 Å². The third kappa shape index (κ3) is 6.26. The van der Waals surface area contributed by atoms with Crippen LogP contribution in [0.3, 0.4) is 0 Å². The normalized spacial score (nSPS) is 18.9. The Kier molecular flexibility index (Phi) is 7.56. The molecule has 31 heavy (non-hydrogen) atoms. The van der Waals surface area contributed by atoms with Crippen molar-refractivity contribution >= 4 is 24.1 Å². The number of carbonyl (C=O) groups is 2. The molecule has 2 atom stereocenters. The maximum atomic E-state index is 12.3. The van der Waals surface area contributed by atoms with E-state index in [1.54, 1.807) is 42.2 Å². The molecule has 0 aliphatic heterocycles. The van der Waals surface area contributed by atoms with Crippen molar-refractivity contribution in [2.24, 2.45) is 7.05 Å². The van der Waals surface area contributed by atoms with Gasteiger partial charge in [0, 0.05) is 32.2 Å². The van der Waals surface area contributed by atoms with Crippen LogP contribution >= 0.6 is 0 Å². The highest BCUT2D eigenvalue weighted by molar-refractivity contribution is 5.95. The average Bonchev–Trinajstić information content (AvgIpc) is 3.16. The molecular weight excluding hydrogens is 396 g/mol. The second-order valence-electron chi connectivity index (χ2n) is 7.19. The fraction of sp³-hybridized carbons (Fsp3) is 0.292. The number of aliphatic hydroxyl groups excluding tert-OH is 1.